The van der Waals surface area contributed by atoms with Gasteiger partial charge in [-0.1, -0.05) is 13.8 Å². The average Bonchev–Trinajstić information content (AvgIpc) is 2.57. The van der Waals surface area contributed by atoms with Gasteiger partial charge in [-0.2, -0.15) is 0 Å². The molecule has 96 valence electrons. The number of nitrogens with zero attached hydrogens (tertiary/aromatic N) is 2. The Kier molecular flexibility index (Phi) is 2.94. The van der Waals surface area contributed by atoms with E-state index in [9.17, 15) is 8.78 Å². The highest BCUT2D eigenvalue weighted by Gasteiger charge is 2.19. The van der Waals surface area contributed by atoms with Gasteiger partial charge >= 0.3 is 0 Å². The van der Waals surface area contributed by atoms with Crippen molar-refractivity contribution in [2.24, 2.45) is 0 Å². The summed E-state index contributed by atoms with van der Waals surface area (Å²) in [6.45, 7) is 3.80. The molecular weight excluding hydrogens is 238 g/mol. The standard InChI is InChI=1S/C12H14F2N4/c1-6(2)12-17-10(11(15)18(12)16)8-4-3-7(13)5-9(8)14/h3-6H,15-16H2,1-2H3. The fraction of sp³-hybridized carbons (Fsp3) is 0.250. The Morgan fingerprint density at radius 2 is 1.94 bits per heavy atom. The van der Waals surface area contributed by atoms with Crippen molar-refractivity contribution in [3.05, 3.63) is 35.7 Å². The third kappa shape index (κ3) is 1.90. The molecule has 2 rings (SSSR count). The van der Waals surface area contributed by atoms with Gasteiger partial charge < -0.3 is 11.6 Å². The van der Waals surface area contributed by atoms with E-state index in [2.05, 4.69) is 4.98 Å². The summed E-state index contributed by atoms with van der Waals surface area (Å²) in [5.41, 5.74) is 6.17. The topological polar surface area (TPSA) is 69.9 Å². The molecule has 0 amide bonds. The third-order valence-electron chi connectivity index (χ3n) is 2.68. The monoisotopic (exact) mass is 252 g/mol. The maximum atomic E-state index is 13.7. The highest BCUT2D eigenvalue weighted by Crippen LogP contribution is 2.29. The average molecular weight is 252 g/mol. The minimum atomic E-state index is -0.713. The number of halogens is 2. The molecular formula is C12H14F2N4. The summed E-state index contributed by atoms with van der Waals surface area (Å²) in [5.74, 6) is 5.15. The minimum Gasteiger partial charge on any atom is -0.382 e. The van der Waals surface area contributed by atoms with Crippen LogP contribution in [0.4, 0.5) is 14.6 Å². The van der Waals surface area contributed by atoms with Crippen LogP contribution >= 0.6 is 0 Å². The Morgan fingerprint density at radius 3 is 2.44 bits per heavy atom. The first-order valence-corrected chi connectivity index (χ1v) is 5.50. The second-order valence-electron chi connectivity index (χ2n) is 4.35. The quantitative estimate of drug-likeness (QED) is 0.805. The van der Waals surface area contributed by atoms with Gasteiger partial charge in [0.2, 0.25) is 0 Å². The van der Waals surface area contributed by atoms with E-state index in [0.29, 0.717) is 5.82 Å². The maximum Gasteiger partial charge on any atom is 0.150 e. The normalized spacial score (nSPS) is 11.2. The Hall–Kier alpha value is -2.11. The molecule has 1 aromatic heterocycles. The molecule has 4 N–H and O–H groups in total. The van der Waals surface area contributed by atoms with E-state index in [-0.39, 0.29) is 23.0 Å². The van der Waals surface area contributed by atoms with Crippen LogP contribution in [0, 0.1) is 11.6 Å². The molecule has 2 aromatic rings. The molecule has 0 unspecified atom stereocenters. The molecule has 0 saturated carbocycles. The molecule has 0 aliphatic heterocycles. The number of nitrogens with two attached hydrogens (primary N) is 2. The van der Waals surface area contributed by atoms with Crippen LogP contribution in [-0.2, 0) is 0 Å². The molecule has 1 heterocycles. The van der Waals surface area contributed by atoms with E-state index in [1.54, 1.807) is 0 Å². The van der Waals surface area contributed by atoms with Crippen LogP contribution in [0.25, 0.3) is 11.3 Å². The Morgan fingerprint density at radius 1 is 1.28 bits per heavy atom. The van der Waals surface area contributed by atoms with Gasteiger partial charge in [-0.05, 0) is 12.1 Å². The van der Waals surface area contributed by atoms with Crippen LogP contribution in [0.1, 0.15) is 25.6 Å². The molecule has 1 aromatic carbocycles. The maximum absolute atomic E-state index is 13.7. The van der Waals surface area contributed by atoms with Gasteiger partial charge in [-0.15, -0.1) is 0 Å². The summed E-state index contributed by atoms with van der Waals surface area (Å²) in [6.07, 6.45) is 0. The van der Waals surface area contributed by atoms with Crippen LogP contribution in [-0.4, -0.2) is 9.66 Å². The number of aromatic nitrogens is 2. The van der Waals surface area contributed by atoms with Crippen LogP contribution < -0.4 is 11.6 Å². The van der Waals surface area contributed by atoms with E-state index >= 15 is 0 Å². The Bertz CT molecular complexity index is 590. The van der Waals surface area contributed by atoms with Crippen molar-refractivity contribution < 1.29 is 8.78 Å². The number of rotatable bonds is 2. The summed E-state index contributed by atoms with van der Waals surface area (Å²) >= 11 is 0. The van der Waals surface area contributed by atoms with E-state index in [4.69, 9.17) is 11.6 Å². The van der Waals surface area contributed by atoms with Gasteiger partial charge in [0.25, 0.3) is 0 Å². The number of anilines is 1. The predicted octanol–water partition coefficient (Wildman–Crippen LogP) is 2.25. The molecule has 0 fully saturated rings. The third-order valence-corrected chi connectivity index (χ3v) is 2.68. The van der Waals surface area contributed by atoms with Gasteiger partial charge in [0.1, 0.15) is 23.2 Å². The van der Waals surface area contributed by atoms with Crippen molar-refractivity contribution in [3.8, 4) is 11.3 Å². The number of hydrogen-bond acceptors (Lipinski definition) is 3. The minimum absolute atomic E-state index is 0.0505. The molecule has 0 radical (unpaired) electrons. The second-order valence-corrected chi connectivity index (χ2v) is 4.35. The lowest BCUT2D eigenvalue weighted by molar-refractivity contribution is 0.585. The van der Waals surface area contributed by atoms with E-state index < -0.39 is 11.6 Å². The molecule has 0 aliphatic rings. The first-order valence-electron chi connectivity index (χ1n) is 5.50. The fourth-order valence-corrected chi connectivity index (χ4v) is 1.75. The summed E-state index contributed by atoms with van der Waals surface area (Å²) < 4.78 is 27.8. The lowest BCUT2D eigenvalue weighted by Crippen LogP contribution is -2.16. The van der Waals surface area contributed by atoms with Gasteiger partial charge in [-0.3, -0.25) is 0 Å². The molecule has 0 saturated heterocycles. The Labute approximate surface area is 103 Å². The van der Waals surface area contributed by atoms with Crippen LogP contribution in [0.5, 0.6) is 0 Å². The molecule has 4 nitrogen and oxygen atoms in total. The van der Waals surface area contributed by atoms with Crippen LogP contribution in [0.3, 0.4) is 0 Å². The second kappa shape index (κ2) is 4.29. The zero-order chi connectivity index (χ0) is 13.4. The highest BCUT2D eigenvalue weighted by molar-refractivity contribution is 5.71. The van der Waals surface area contributed by atoms with Crippen molar-refractivity contribution in [1.29, 1.82) is 0 Å². The van der Waals surface area contributed by atoms with Gasteiger partial charge in [0.05, 0.1) is 0 Å². The summed E-state index contributed by atoms with van der Waals surface area (Å²) in [5, 5.41) is 0. The summed E-state index contributed by atoms with van der Waals surface area (Å²) in [4.78, 5) is 4.22. The summed E-state index contributed by atoms with van der Waals surface area (Å²) in [6, 6.07) is 3.25. The van der Waals surface area contributed by atoms with E-state index in [1.165, 1.54) is 10.7 Å². The zero-order valence-electron chi connectivity index (χ0n) is 10.1. The number of hydrogen-bond donors (Lipinski definition) is 2. The van der Waals surface area contributed by atoms with Crippen molar-refractivity contribution in [3.63, 3.8) is 0 Å². The molecule has 0 aliphatic carbocycles. The number of imidazole rings is 1. The van der Waals surface area contributed by atoms with E-state index in [1.807, 2.05) is 13.8 Å². The van der Waals surface area contributed by atoms with Gasteiger partial charge in [0.15, 0.2) is 5.82 Å². The highest BCUT2D eigenvalue weighted by atomic mass is 19.1. The lowest BCUT2D eigenvalue weighted by Gasteiger charge is -2.04. The smallest absolute Gasteiger partial charge is 0.150 e. The molecule has 6 heteroatoms. The summed E-state index contributed by atoms with van der Waals surface area (Å²) in [7, 11) is 0. The SMILES string of the molecule is CC(C)c1nc(-c2ccc(F)cc2F)c(N)n1N. The molecule has 0 bridgehead atoms. The number of benzene rings is 1. The molecule has 0 spiro atoms. The Balaban J connectivity index is 2.61. The molecule has 18 heavy (non-hydrogen) atoms. The molecule has 0 atom stereocenters. The van der Waals surface area contributed by atoms with Crippen molar-refractivity contribution in [2.45, 2.75) is 19.8 Å². The van der Waals surface area contributed by atoms with Crippen molar-refractivity contribution in [1.82, 2.24) is 9.66 Å². The first-order chi connectivity index (χ1) is 8.41. The van der Waals surface area contributed by atoms with Gasteiger partial charge in [0, 0.05) is 17.5 Å². The zero-order valence-corrected chi connectivity index (χ0v) is 10.1. The lowest BCUT2D eigenvalue weighted by atomic mass is 10.1. The van der Waals surface area contributed by atoms with Crippen molar-refractivity contribution >= 4 is 5.82 Å². The van der Waals surface area contributed by atoms with Crippen LogP contribution in [0.2, 0.25) is 0 Å². The van der Waals surface area contributed by atoms with E-state index in [0.717, 1.165) is 12.1 Å². The predicted molar refractivity (Wildman–Crippen MR) is 66.2 cm³/mol. The van der Waals surface area contributed by atoms with Crippen LogP contribution in [0.15, 0.2) is 18.2 Å². The van der Waals surface area contributed by atoms with Crippen molar-refractivity contribution in [2.75, 3.05) is 11.6 Å². The number of nitrogen functional groups attached to an aromatic ring is 2. The largest absolute Gasteiger partial charge is 0.382 e. The fourth-order valence-electron chi connectivity index (χ4n) is 1.75. The van der Waals surface area contributed by atoms with Gasteiger partial charge in [-0.25, -0.2) is 18.4 Å². The first kappa shape index (κ1) is 12.3.